The summed E-state index contributed by atoms with van der Waals surface area (Å²) in [6.45, 7) is 2.30. The van der Waals surface area contributed by atoms with Gasteiger partial charge >= 0.3 is 11.8 Å². The van der Waals surface area contributed by atoms with Gasteiger partial charge in [-0.15, -0.1) is 0 Å². The molecule has 2 amide bonds. The normalized spacial score (nSPS) is 10.0. The Hall–Kier alpha value is -2.82. The number of hydrogen-bond donors (Lipinski definition) is 3. The number of hydrogen-bond acceptors (Lipinski definition) is 3. The van der Waals surface area contributed by atoms with Gasteiger partial charge in [-0.1, -0.05) is 36.4 Å². The number of carbonyl (C=O) groups excluding carboxylic acids is 2. The number of nitrogen functional groups attached to an aromatic ring is 1. The minimum absolute atomic E-state index is 0.402. The minimum atomic E-state index is -0.719. The first-order valence-corrected chi connectivity index (χ1v) is 7.05. The summed E-state index contributed by atoms with van der Waals surface area (Å²) in [5.41, 5.74) is 8.77. The lowest BCUT2D eigenvalue weighted by Crippen LogP contribution is -2.36. The van der Waals surface area contributed by atoms with Gasteiger partial charge in [-0.05, 0) is 36.6 Å². The Balaban J connectivity index is 1.83. The first-order valence-electron chi connectivity index (χ1n) is 7.05. The number of benzene rings is 2. The largest absolute Gasteiger partial charge is 0.397 e. The number of anilines is 2. The zero-order valence-electron chi connectivity index (χ0n) is 12.4. The molecule has 0 atom stereocenters. The molecule has 0 fully saturated rings. The van der Waals surface area contributed by atoms with E-state index in [-0.39, 0.29) is 0 Å². The van der Waals surface area contributed by atoms with Gasteiger partial charge in [-0.25, -0.2) is 0 Å². The fraction of sp³-hybridized carbons (Fsp3) is 0.176. The van der Waals surface area contributed by atoms with Gasteiger partial charge in [0.15, 0.2) is 0 Å². The van der Waals surface area contributed by atoms with Crippen LogP contribution in [0.4, 0.5) is 11.4 Å². The summed E-state index contributed by atoms with van der Waals surface area (Å²) in [6.07, 6.45) is 0.673. The van der Waals surface area contributed by atoms with E-state index >= 15 is 0 Å². The molecule has 2 aromatic rings. The van der Waals surface area contributed by atoms with Crippen LogP contribution in [0.1, 0.15) is 11.1 Å². The molecular weight excluding hydrogens is 278 g/mol. The molecule has 0 unspecified atom stereocenters. The molecule has 5 nitrogen and oxygen atoms in total. The van der Waals surface area contributed by atoms with Crippen molar-refractivity contribution >= 4 is 23.2 Å². The SMILES string of the molecule is Cc1ccc(NC(=O)C(=O)NCCc2ccccc2)c(N)c1. The molecule has 2 aromatic carbocycles. The maximum Gasteiger partial charge on any atom is 0.313 e. The van der Waals surface area contributed by atoms with Crippen molar-refractivity contribution in [3.8, 4) is 0 Å². The second kappa shape index (κ2) is 7.26. The molecule has 5 heteroatoms. The Labute approximate surface area is 129 Å². The van der Waals surface area contributed by atoms with Crippen molar-refractivity contribution in [1.82, 2.24) is 5.32 Å². The predicted octanol–water partition coefficient (Wildman–Crippen LogP) is 1.87. The van der Waals surface area contributed by atoms with Crippen LogP contribution in [0.25, 0.3) is 0 Å². The zero-order valence-corrected chi connectivity index (χ0v) is 12.4. The standard InChI is InChI=1S/C17H19N3O2/c1-12-7-8-15(14(18)11-12)20-17(22)16(21)19-10-9-13-5-3-2-4-6-13/h2-8,11H,9-10,18H2,1H3,(H,19,21)(H,20,22). The van der Waals surface area contributed by atoms with Crippen molar-refractivity contribution in [2.75, 3.05) is 17.6 Å². The van der Waals surface area contributed by atoms with Gasteiger partial charge in [0.25, 0.3) is 0 Å². The Kier molecular flexibility index (Phi) is 5.14. The number of carbonyl (C=O) groups is 2. The Morgan fingerprint density at radius 1 is 1.05 bits per heavy atom. The first-order chi connectivity index (χ1) is 10.6. The van der Waals surface area contributed by atoms with Gasteiger partial charge in [0, 0.05) is 6.54 Å². The Morgan fingerprint density at radius 3 is 2.45 bits per heavy atom. The third-order valence-corrected chi connectivity index (χ3v) is 3.20. The average Bonchev–Trinajstić information content (AvgIpc) is 2.51. The van der Waals surface area contributed by atoms with Crippen molar-refractivity contribution in [3.05, 3.63) is 59.7 Å². The summed E-state index contributed by atoms with van der Waals surface area (Å²) in [5.74, 6) is -1.39. The van der Waals surface area contributed by atoms with Crippen LogP contribution in [0.15, 0.2) is 48.5 Å². The molecule has 0 bridgehead atoms. The van der Waals surface area contributed by atoms with E-state index in [1.165, 1.54) is 0 Å². The second-order valence-electron chi connectivity index (χ2n) is 5.04. The monoisotopic (exact) mass is 297 g/mol. The van der Waals surface area contributed by atoms with E-state index in [9.17, 15) is 9.59 Å². The van der Waals surface area contributed by atoms with Crippen molar-refractivity contribution < 1.29 is 9.59 Å². The lowest BCUT2D eigenvalue weighted by Gasteiger charge is -2.09. The van der Waals surface area contributed by atoms with E-state index in [0.29, 0.717) is 24.3 Å². The van der Waals surface area contributed by atoms with Crippen LogP contribution >= 0.6 is 0 Å². The lowest BCUT2D eigenvalue weighted by molar-refractivity contribution is -0.136. The van der Waals surface area contributed by atoms with Crippen molar-refractivity contribution in [2.45, 2.75) is 13.3 Å². The maximum absolute atomic E-state index is 11.8. The molecule has 0 spiro atoms. The molecule has 0 aliphatic rings. The Morgan fingerprint density at radius 2 is 1.77 bits per heavy atom. The Bertz CT molecular complexity index is 669. The molecular formula is C17H19N3O2. The summed E-state index contributed by atoms with van der Waals surface area (Å²) in [7, 11) is 0. The molecule has 2 rings (SSSR count). The third-order valence-electron chi connectivity index (χ3n) is 3.20. The van der Waals surface area contributed by atoms with Crippen molar-refractivity contribution in [1.29, 1.82) is 0 Å². The van der Waals surface area contributed by atoms with Crippen LogP contribution in [-0.2, 0) is 16.0 Å². The highest BCUT2D eigenvalue weighted by molar-refractivity contribution is 6.39. The molecule has 22 heavy (non-hydrogen) atoms. The molecule has 0 aromatic heterocycles. The number of nitrogens with two attached hydrogens (primary N) is 1. The number of aryl methyl sites for hydroxylation is 1. The molecule has 0 aliphatic heterocycles. The summed E-state index contributed by atoms with van der Waals surface area (Å²) in [4.78, 5) is 23.6. The van der Waals surface area contributed by atoms with Crippen LogP contribution in [0.2, 0.25) is 0 Å². The van der Waals surface area contributed by atoms with Crippen LogP contribution in [-0.4, -0.2) is 18.4 Å². The number of nitrogens with one attached hydrogen (secondary N) is 2. The second-order valence-corrected chi connectivity index (χ2v) is 5.04. The van der Waals surface area contributed by atoms with Gasteiger partial charge in [-0.2, -0.15) is 0 Å². The van der Waals surface area contributed by atoms with Crippen molar-refractivity contribution in [3.63, 3.8) is 0 Å². The van der Waals surface area contributed by atoms with Gasteiger partial charge in [0.1, 0.15) is 0 Å². The summed E-state index contributed by atoms with van der Waals surface area (Å²) >= 11 is 0. The highest BCUT2D eigenvalue weighted by atomic mass is 16.2. The highest BCUT2D eigenvalue weighted by Crippen LogP contribution is 2.19. The third kappa shape index (κ3) is 4.34. The topological polar surface area (TPSA) is 84.2 Å². The number of amides is 2. The fourth-order valence-electron chi connectivity index (χ4n) is 2.02. The van der Waals surface area contributed by atoms with E-state index in [0.717, 1.165) is 11.1 Å². The van der Waals surface area contributed by atoms with E-state index in [2.05, 4.69) is 10.6 Å². The van der Waals surface area contributed by atoms with Gasteiger partial charge < -0.3 is 16.4 Å². The van der Waals surface area contributed by atoms with E-state index < -0.39 is 11.8 Å². The summed E-state index contributed by atoms with van der Waals surface area (Å²) < 4.78 is 0. The lowest BCUT2D eigenvalue weighted by atomic mass is 10.1. The summed E-state index contributed by atoms with van der Waals surface area (Å²) in [5, 5.41) is 5.10. The molecule has 0 saturated heterocycles. The first kappa shape index (κ1) is 15.6. The van der Waals surface area contributed by atoms with Crippen molar-refractivity contribution in [2.24, 2.45) is 0 Å². The minimum Gasteiger partial charge on any atom is -0.397 e. The van der Waals surface area contributed by atoms with Crippen LogP contribution in [0, 0.1) is 6.92 Å². The molecule has 4 N–H and O–H groups in total. The van der Waals surface area contributed by atoms with E-state index in [4.69, 9.17) is 5.73 Å². The molecule has 0 saturated carbocycles. The molecule has 0 heterocycles. The molecule has 0 radical (unpaired) electrons. The van der Waals surface area contributed by atoms with E-state index in [1.807, 2.05) is 43.3 Å². The van der Waals surface area contributed by atoms with Crippen LogP contribution in [0.3, 0.4) is 0 Å². The van der Waals surface area contributed by atoms with Gasteiger partial charge in [0.05, 0.1) is 11.4 Å². The van der Waals surface area contributed by atoms with Gasteiger partial charge in [0.2, 0.25) is 0 Å². The maximum atomic E-state index is 11.8. The zero-order chi connectivity index (χ0) is 15.9. The summed E-state index contributed by atoms with van der Waals surface area (Å²) in [6, 6.07) is 15.0. The fourth-order valence-corrected chi connectivity index (χ4v) is 2.02. The smallest absolute Gasteiger partial charge is 0.313 e. The number of rotatable bonds is 4. The highest BCUT2D eigenvalue weighted by Gasteiger charge is 2.14. The van der Waals surface area contributed by atoms with E-state index in [1.54, 1.807) is 12.1 Å². The molecule has 0 aliphatic carbocycles. The molecule has 114 valence electrons. The predicted molar refractivity (Wildman–Crippen MR) is 87.4 cm³/mol. The quantitative estimate of drug-likeness (QED) is 0.595. The van der Waals surface area contributed by atoms with Crippen LogP contribution in [0.5, 0.6) is 0 Å². The van der Waals surface area contributed by atoms with Crippen LogP contribution < -0.4 is 16.4 Å². The average molecular weight is 297 g/mol. The van der Waals surface area contributed by atoms with Gasteiger partial charge in [-0.3, -0.25) is 9.59 Å².